The maximum atomic E-state index is 12.5. The van der Waals surface area contributed by atoms with Crippen LogP contribution in [0.4, 0.5) is 11.4 Å². The molecule has 0 aromatic heterocycles. The number of nitrogens with one attached hydrogen (secondary N) is 2. The van der Waals surface area contributed by atoms with Crippen molar-refractivity contribution in [3.8, 4) is 11.5 Å². The molecule has 0 saturated heterocycles. The molecular formula is C18H18N2O4. The Balaban J connectivity index is 1.81. The molecule has 2 aromatic carbocycles. The molecule has 0 radical (unpaired) electrons. The topological polar surface area (TPSA) is 76.7 Å². The number of benzene rings is 2. The smallest absolute Gasteiger partial charge is 0.255 e. The van der Waals surface area contributed by atoms with Crippen molar-refractivity contribution in [2.75, 3.05) is 23.8 Å². The molecule has 0 atom stereocenters. The van der Waals surface area contributed by atoms with Gasteiger partial charge in [0.15, 0.2) is 11.5 Å². The van der Waals surface area contributed by atoms with Gasteiger partial charge in [0.1, 0.15) is 13.2 Å². The van der Waals surface area contributed by atoms with Crippen LogP contribution in [0.25, 0.3) is 0 Å². The minimum atomic E-state index is -0.255. The maximum Gasteiger partial charge on any atom is 0.255 e. The Morgan fingerprint density at radius 3 is 2.33 bits per heavy atom. The lowest BCUT2D eigenvalue weighted by atomic mass is 10.1. The van der Waals surface area contributed by atoms with E-state index >= 15 is 0 Å². The van der Waals surface area contributed by atoms with E-state index in [2.05, 4.69) is 10.6 Å². The Bertz CT molecular complexity index is 802. The zero-order chi connectivity index (χ0) is 17.1. The lowest BCUT2D eigenvalue weighted by Gasteiger charge is -2.19. The number of rotatable bonds is 3. The summed E-state index contributed by atoms with van der Waals surface area (Å²) in [5, 5.41) is 5.60. The van der Waals surface area contributed by atoms with Gasteiger partial charge >= 0.3 is 0 Å². The summed E-state index contributed by atoms with van der Waals surface area (Å²) in [5.41, 5.74) is 2.57. The third-order valence-corrected chi connectivity index (χ3v) is 3.70. The van der Waals surface area contributed by atoms with Gasteiger partial charge in [0.05, 0.1) is 0 Å². The van der Waals surface area contributed by atoms with Crippen LogP contribution in [0.3, 0.4) is 0 Å². The average Bonchev–Trinajstić information content (AvgIpc) is 2.57. The van der Waals surface area contributed by atoms with Crippen LogP contribution in [0.1, 0.15) is 22.8 Å². The molecule has 6 heteroatoms. The first kappa shape index (κ1) is 15.9. The standard InChI is InChI=1S/C18H18N2O4/c1-11-14(19-12(2)21)4-3-5-15(11)20-18(22)13-6-7-16-17(10-13)24-9-8-23-16/h3-7,10H,8-9H2,1-2H3,(H,19,21)(H,20,22). The van der Waals surface area contributed by atoms with Crippen LogP contribution in [0.2, 0.25) is 0 Å². The molecule has 0 saturated carbocycles. The molecule has 2 aromatic rings. The van der Waals surface area contributed by atoms with Gasteiger partial charge in [-0.15, -0.1) is 0 Å². The lowest BCUT2D eigenvalue weighted by Crippen LogP contribution is -2.17. The number of hydrogen-bond acceptors (Lipinski definition) is 4. The molecular weight excluding hydrogens is 308 g/mol. The quantitative estimate of drug-likeness (QED) is 0.909. The summed E-state index contributed by atoms with van der Waals surface area (Å²) in [5.74, 6) is 0.794. The number of amides is 2. The molecule has 3 rings (SSSR count). The lowest BCUT2D eigenvalue weighted by molar-refractivity contribution is -0.114. The molecule has 0 unspecified atom stereocenters. The van der Waals surface area contributed by atoms with Gasteiger partial charge in [0.25, 0.3) is 5.91 Å². The third kappa shape index (κ3) is 3.32. The Morgan fingerprint density at radius 1 is 0.958 bits per heavy atom. The Hall–Kier alpha value is -3.02. The largest absolute Gasteiger partial charge is 0.486 e. The van der Waals surface area contributed by atoms with Crippen molar-refractivity contribution in [1.82, 2.24) is 0 Å². The predicted molar refractivity (Wildman–Crippen MR) is 90.9 cm³/mol. The number of carbonyl (C=O) groups is 2. The van der Waals surface area contributed by atoms with Gasteiger partial charge in [0.2, 0.25) is 5.91 Å². The summed E-state index contributed by atoms with van der Waals surface area (Å²) in [6, 6.07) is 10.4. The van der Waals surface area contributed by atoms with Crippen molar-refractivity contribution in [3.05, 3.63) is 47.5 Å². The van der Waals surface area contributed by atoms with E-state index in [0.29, 0.717) is 41.7 Å². The summed E-state index contributed by atoms with van der Waals surface area (Å²) in [6.45, 7) is 4.26. The van der Waals surface area contributed by atoms with Gasteiger partial charge in [-0.2, -0.15) is 0 Å². The molecule has 2 N–H and O–H groups in total. The van der Waals surface area contributed by atoms with E-state index in [-0.39, 0.29) is 11.8 Å². The number of carbonyl (C=O) groups excluding carboxylic acids is 2. The fraction of sp³-hybridized carbons (Fsp3) is 0.222. The molecule has 24 heavy (non-hydrogen) atoms. The molecule has 0 bridgehead atoms. The van der Waals surface area contributed by atoms with Gasteiger partial charge in [0, 0.05) is 23.9 Å². The molecule has 1 aliphatic heterocycles. The van der Waals surface area contributed by atoms with Crippen LogP contribution in [0, 0.1) is 6.92 Å². The van der Waals surface area contributed by atoms with Crippen LogP contribution >= 0.6 is 0 Å². The zero-order valence-corrected chi connectivity index (χ0v) is 13.5. The fourth-order valence-electron chi connectivity index (χ4n) is 2.48. The molecule has 2 amide bonds. The highest BCUT2D eigenvalue weighted by atomic mass is 16.6. The summed E-state index contributed by atoms with van der Waals surface area (Å²) < 4.78 is 10.9. The van der Waals surface area contributed by atoms with Crippen LogP contribution in [0.15, 0.2) is 36.4 Å². The Kier molecular flexibility index (Phi) is 4.37. The van der Waals surface area contributed by atoms with Crippen LogP contribution in [-0.2, 0) is 4.79 Å². The van der Waals surface area contributed by atoms with E-state index in [1.807, 2.05) is 6.92 Å². The van der Waals surface area contributed by atoms with Crippen molar-refractivity contribution in [2.45, 2.75) is 13.8 Å². The van der Waals surface area contributed by atoms with Gasteiger partial charge < -0.3 is 20.1 Å². The van der Waals surface area contributed by atoms with Crippen LogP contribution in [0.5, 0.6) is 11.5 Å². The van der Waals surface area contributed by atoms with Crippen molar-refractivity contribution < 1.29 is 19.1 Å². The number of anilines is 2. The normalized spacial score (nSPS) is 12.4. The first-order chi connectivity index (χ1) is 11.5. The second kappa shape index (κ2) is 6.62. The SMILES string of the molecule is CC(=O)Nc1cccc(NC(=O)c2ccc3c(c2)OCCO3)c1C. The van der Waals surface area contributed by atoms with Crippen molar-refractivity contribution in [2.24, 2.45) is 0 Å². The first-order valence-corrected chi connectivity index (χ1v) is 7.63. The van der Waals surface area contributed by atoms with Crippen LogP contribution in [-0.4, -0.2) is 25.0 Å². The fourth-order valence-corrected chi connectivity index (χ4v) is 2.48. The third-order valence-electron chi connectivity index (χ3n) is 3.70. The Morgan fingerprint density at radius 2 is 1.62 bits per heavy atom. The highest BCUT2D eigenvalue weighted by molar-refractivity contribution is 6.05. The first-order valence-electron chi connectivity index (χ1n) is 7.63. The summed E-state index contributed by atoms with van der Waals surface area (Å²) in [6.07, 6.45) is 0. The van der Waals surface area contributed by atoms with E-state index < -0.39 is 0 Å². The van der Waals surface area contributed by atoms with E-state index in [0.717, 1.165) is 5.56 Å². The molecule has 0 spiro atoms. The van der Waals surface area contributed by atoms with Gasteiger partial charge in [-0.3, -0.25) is 9.59 Å². The molecule has 0 fully saturated rings. The minimum absolute atomic E-state index is 0.159. The second-order valence-corrected chi connectivity index (χ2v) is 5.47. The molecule has 124 valence electrons. The highest BCUT2D eigenvalue weighted by Crippen LogP contribution is 2.31. The van der Waals surface area contributed by atoms with E-state index in [1.165, 1.54) is 6.92 Å². The van der Waals surface area contributed by atoms with E-state index in [9.17, 15) is 9.59 Å². The number of hydrogen-bond donors (Lipinski definition) is 2. The van der Waals surface area contributed by atoms with Crippen LogP contribution < -0.4 is 20.1 Å². The summed E-state index contributed by atoms with van der Waals surface area (Å²) >= 11 is 0. The molecule has 1 heterocycles. The van der Waals surface area contributed by atoms with E-state index in [1.54, 1.807) is 36.4 Å². The van der Waals surface area contributed by atoms with Crippen molar-refractivity contribution >= 4 is 23.2 Å². The van der Waals surface area contributed by atoms with Gasteiger partial charge in [-0.05, 0) is 42.8 Å². The Labute approximate surface area is 139 Å². The number of fused-ring (bicyclic) bond motifs is 1. The number of ether oxygens (including phenoxy) is 2. The molecule has 0 aliphatic carbocycles. The van der Waals surface area contributed by atoms with Crippen molar-refractivity contribution in [1.29, 1.82) is 0 Å². The summed E-state index contributed by atoms with van der Waals surface area (Å²) in [4.78, 5) is 23.7. The minimum Gasteiger partial charge on any atom is -0.486 e. The van der Waals surface area contributed by atoms with Crippen molar-refractivity contribution in [3.63, 3.8) is 0 Å². The molecule has 1 aliphatic rings. The van der Waals surface area contributed by atoms with Gasteiger partial charge in [-0.25, -0.2) is 0 Å². The predicted octanol–water partition coefficient (Wildman–Crippen LogP) is 2.98. The average molecular weight is 326 g/mol. The van der Waals surface area contributed by atoms with E-state index in [4.69, 9.17) is 9.47 Å². The molecule has 6 nitrogen and oxygen atoms in total. The summed E-state index contributed by atoms with van der Waals surface area (Å²) in [7, 11) is 0. The second-order valence-electron chi connectivity index (χ2n) is 5.47. The van der Waals surface area contributed by atoms with Gasteiger partial charge in [-0.1, -0.05) is 6.07 Å². The zero-order valence-electron chi connectivity index (χ0n) is 13.5. The monoisotopic (exact) mass is 326 g/mol. The maximum absolute atomic E-state index is 12.5. The highest BCUT2D eigenvalue weighted by Gasteiger charge is 2.16.